The zero-order chi connectivity index (χ0) is 19.2. The molecule has 0 N–H and O–H groups in total. The second-order valence-electron chi connectivity index (χ2n) is 8.20. The third-order valence-electron chi connectivity index (χ3n) is 4.56. The van der Waals surface area contributed by atoms with Crippen molar-refractivity contribution in [3.8, 4) is 0 Å². The minimum absolute atomic E-state index is 0.233. The van der Waals surface area contributed by atoms with Gasteiger partial charge in [0.25, 0.3) is 0 Å². The zero-order valence-corrected chi connectivity index (χ0v) is 17.3. The highest BCUT2D eigenvalue weighted by Gasteiger charge is 2.28. The van der Waals surface area contributed by atoms with Gasteiger partial charge < -0.3 is 14.2 Å². The van der Waals surface area contributed by atoms with Gasteiger partial charge in [0.05, 0.1) is 6.61 Å². The molecular weight excluding hydrogens is 349 g/mol. The summed E-state index contributed by atoms with van der Waals surface area (Å²) in [5, 5.41) is 0. The summed E-state index contributed by atoms with van der Waals surface area (Å²) in [5.74, 6) is 0.488. The Bertz CT molecular complexity index is 618. The van der Waals surface area contributed by atoms with Gasteiger partial charge in [-0.15, -0.1) is 0 Å². The molecule has 1 aliphatic heterocycles. The first-order valence-corrected chi connectivity index (χ1v) is 11.6. The number of piperidine rings is 1. The largest absolute Gasteiger partial charge is 0.444 e. The van der Waals surface area contributed by atoms with Gasteiger partial charge in [-0.2, -0.15) is 0 Å². The van der Waals surface area contributed by atoms with Gasteiger partial charge in [0, 0.05) is 25.9 Å². The average molecular weight is 381 g/mol. The number of hydrogen-bond acceptors (Lipinski definition) is 4. The van der Waals surface area contributed by atoms with E-state index in [1.165, 1.54) is 0 Å². The highest BCUT2D eigenvalue weighted by atomic mass is 31.2. The van der Waals surface area contributed by atoms with Crippen molar-refractivity contribution < 1.29 is 18.6 Å². The standard InChI is InChI=1S/C20H32NO4P/c1-20(2,3)25-19(22)21-13-10-17(11-14-21)12-15-26(4,23)24-16-18-8-6-5-7-9-18/h5-9,17H,10-16H2,1-4H3. The Morgan fingerprint density at radius 2 is 1.81 bits per heavy atom. The van der Waals surface area contributed by atoms with E-state index in [9.17, 15) is 9.36 Å². The molecule has 1 fully saturated rings. The van der Waals surface area contributed by atoms with Crippen molar-refractivity contribution in [3.05, 3.63) is 35.9 Å². The molecule has 1 aromatic rings. The zero-order valence-electron chi connectivity index (χ0n) is 16.4. The van der Waals surface area contributed by atoms with E-state index in [4.69, 9.17) is 9.26 Å². The van der Waals surface area contributed by atoms with Crippen molar-refractivity contribution in [1.29, 1.82) is 0 Å². The Balaban J connectivity index is 1.70. The average Bonchev–Trinajstić information content (AvgIpc) is 2.58. The summed E-state index contributed by atoms with van der Waals surface area (Å²) < 4.78 is 23.8. The molecule has 0 radical (unpaired) electrons. The topological polar surface area (TPSA) is 55.8 Å². The first-order valence-electron chi connectivity index (χ1n) is 9.37. The predicted octanol–water partition coefficient (Wildman–Crippen LogP) is 5.15. The first-order chi connectivity index (χ1) is 12.1. The van der Waals surface area contributed by atoms with E-state index in [2.05, 4.69) is 0 Å². The molecule has 1 atom stereocenters. The van der Waals surface area contributed by atoms with E-state index in [1.54, 1.807) is 11.6 Å². The lowest BCUT2D eigenvalue weighted by atomic mass is 9.95. The lowest BCUT2D eigenvalue weighted by Gasteiger charge is -2.33. The fourth-order valence-corrected chi connectivity index (χ4v) is 4.38. The lowest BCUT2D eigenvalue weighted by molar-refractivity contribution is 0.0182. The van der Waals surface area contributed by atoms with Crippen LogP contribution in [0.25, 0.3) is 0 Å². The van der Waals surface area contributed by atoms with Gasteiger partial charge in [-0.3, -0.25) is 4.57 Å². The summed E-state index contributed by atoms with van der Waals surface area (Å²) >= 11 is 0. The van der Waals surface area contributed by atoms with Gasteiger partial charge in [-0.1, -0.05) is 30.3 Å². The normalized spacial score (nSPS) is 18.4. The van der Waals surface area contributed by atoms with E-state index >= 15 is 0 Å². The molecule has 0 aromatic heterocycles. The Hall–Kier alpha value is -1.32. The predicted molar refractivity (Wildman–Crippen MR) is 105 cm³/mol. The molecule has 146 valence electrons. The van der Waals surface area contributed by atoms with Crippen LogP contribution < -0.4 is 0 Å². The van der Waals surface area contributed by atoms with E-state index in [0.717, 1.165) is 24.8 Å². The molecule has 1 aromatic carbocycles. The minimum Gasteiger partial charge on any atom is -0.444 e. The Kier molecular flexibility index (Phi) is 7.31. The fraction of sp³-hybridized carbons (Fsp3) is 0.650. The maximum absolute atomic E-state index is 12.7. The Labute approximate surface area is 157 Å². The quantitative estimate of drug-likeness (QED) is 0.640. The number of ether oxygens (including phenoxy) is 1. The molecular formula is C20H32NO4P. The highest BCUT2D eigenvalue weighted by Crippen LogP contribution is 2.45. The molecule has 26 heavy (non-hydrogen) atoms. The lowest BCUT2D eigenvalue weighted by Crippen LogP contribution is -2.41. The Morgan fingerprint density at radius 3 is 2.38 bits per heavy atom. The van der Waals surface area contributed by atoms with Crippen molar-refractivity contribution >= 4 is 13.5 Å². The molecule has 1 saturated heterocycles. The third-order valence-corrected chi connectivity index (χ3v) is 6.30. The number of amides is 1. The summed E-state index contributed by atoms with van der Waals surface area (Å²) in [7, 11) is -2.59. The monoisotopic (exact) mass is 381 g/mol. The number of hydrogen-bond donors (Lipinski definition) is 0. The number of nitrogens with zero attached hydrogens (tertiary/aromatic N) is 1. The van der Waals surface area contributed by atoms with Crippen LogP contribution in [0.3, 0.4) is 0 Å². The minimum atomic E-state index is -2.59. The molecule has 6 heteroatoms. The molecule has 0 aliphatic carbocycles. The molecule has 0 spiro atoms. The summed E-state index contributed by atoms with van der Waals surface area (Å²) in [6, 6.07) is 9.83. The Morgan fingerprint density at radius 1 is 1.19 bits per heavy atom. The van der Waals surface area contributed by atoms with Crippen molar-refractivity contribution in [2.24, 2.45) is 5.92 Å². The van der Waals surface area contributed by atoms with E-state index < -0.39 is 13.0 Å². The van der Waals surface area contributed by atoms with Gasteiger partial charge in [-0.25, -0.2) is 4.79 Å². The summed E-state index contributed by atoms with van der Waals surface area (Å²) in [6.07, 6.45) is 3.10. The van der Waals surface area contributed by atoms with Gasteiger partial charge in [-0.05, 0) is 51.5 Å². The molecule has 1 aliphatic rings. The van der Waals surface area contributed by atoms with Gasteiger partial charge in [0.15, 0.2) is 0 Å². The maximum atomic E-state index is 12.7. The molecule has 2 rings (SSSR count). The first kappa shape index (κ1) is 21.0. The van der Waals surface area contributed by atoms with Crippen LogP contribution in [0, 0.1) is 5.92 Å². The molecule has 1 unspecified atom stereocenters. The van der Waals surface area contributed by atoms with Gasteiger partial charge in [0.2, 0.25) is 7.37 Å². The highest BCUT2D eigenvalue weighted by molar-refractivity contribution is 7.58. The second kappa shape index (κ2) is 9.05. The van der Waals surface area contributed by atoms with E-state index in [-0.39, 0.29) is 6.09 Å². The van der Waals surface area contributed by atoms with Crippen LogP contribution in [0.2, 0.25) is 0 Å². The molecule has 5 nitrogen and oxygen atoms in total. The SMILES string of the molecule is CC(C)(C)OC(=O)N1CCC(CCP(C)(=O)OCc2ccccc2)CC1. The third kappa shape index (κ3) is 7.51. The van der Waals surface area contributed by atoms with Crippen LogP contribution in [-0.4, -0.2) is 42.5 Å². The van der Waals surface area contributed by atoms with Gasteiger partial charge in [0.1, 0.15) is 5.60 Å². The van der Waals surface area contributed by atoms with Gasteiger partial charge >= 0.3 is 6.09 Å². The molecule has 1 heterocycles. The molecule has 1 amide bonds. The van der Waals surface area contributed by atoms with Crippen LogP contribution in [-0.2, 0) is 20.4 Å². The van der Waals surface area contributed by atoms with E-state index in [1.807, 2.05) is 51.1 Å². The molecule has 0 saturated carbocycles. The summed E-state index contributed by atoms with van der Waals surface area (Å²) in [6.45, 7) is 9.18. The number of carbonyl (C=O) groups excluding carboxylic acids is 1. The van der Waals surface area contributed by atoms with Crippen LogP contribution in [0.15, 0.2) is 30.3 Å². The number of benzene rings is 1. The van der Waals surface area contributed by atoms with Crippen molar-refractivity contribution in [2.75, 3.05) is 25.9 Å². The summed E-state index contributed by atoms with van der Waals surface area (Å²) in [5.41, 5.74) is 0.582. The van der Waals surface area contributed by atoms with Crippen LogP contribution >= 0.6 is 7.37 Å². The van der Waals surface area contributed by atoms with Crippen LogP contribution in [0.1, 0.15) is 45.6 Å². The van der Waals surface area contributed by atoms with Crippen molar-refractivity contribution in [3.63, 3.8) is 0 Å². The molecule has 0 bridgehead atoms. The second-order valence-corrected chi connectivity index (χ2v) is 10.9. The number of carbonyl (C=O) groups is 1. The summed E-state index contributed by atoms with van der Waals surface area (Å²) in [4.78, 5) is 13.9. The fourth-order valence-electron chi connectivity index (χ4n) is 3.00. The number of rotatable bonds is 6. The van der Waals surface area contributed by atoms with Crippen LogP contribution in [0.5, 0.6) is 0 Å². The maximum Gasteiger partial charge on any atom is 0.410 e. The van der Waals surface area contributed by atoms with Crippen molar-refractivity contribution in [1.82, 2.24) is 4.90 Å². The smallest absolute Gasteiger partial charge is 0.410 e. The van der Waals surface area contributed by atoms with E-state index in [0.29, 0.717) is 31.8 Å². The number of likely N-dealkylation sites (tertiary alicyclic amines) is 1. The van der Waals surface area contributed by atoms with Crippen LogP contribution in [0.4, 0.5) is 4.79 Å². The van der Waals surface area contributed by atoms with Crippen molar-refractivity contribution in [2.45, 2.75) is 52.2 Å².